The molecule has 2 aliphatic rings. The third-order valence-corrected chi connectivity index (χ3v) is 5.37. The van der Waals surface area contributed by atoms with E-state index in [1.54, 1.807) is 0 Å². The third-order valence-electron chi connectivity index (χ3n) is 5.37. The highest BCUT2D eigenvalue weighted by molar-refractivity contribution is 5.77. The maximum absolute atomic E-state index is 12.8. The Balaban J connectivity index is 1.57. The molecular weight excluding hydrogens is 318 g/mol. The molecular formula is C20H29NO4. The van der Waals surface area contributed by atoms with Crippen molar-refractivity contribution in [3.05, 3.63) is 29.8 Å². The number of ether oxygens (including phenoxy) is 2. The van der Waals surface area contributed by atoms with Crippen LogP contribution in [-0.4, -0.2) is 54.4 Å². The first kappa shape index (κ1) is 18.2. The number of morpholine rings is 1. The molecule has 25 heavy (non-hydrogen) atoms. The summed E-state index contributed by atoms with van der Waals surface area (Å²) in [6.07, 6.45) is 3.78. The van der Waals surface area contributed by atoms with Crippen LogP contribution in [0.15, 0.2) is 24.3 Å². The zero-order chi connectivity index (χ0) is 17.6. The van der Waals surface area contributed by atoms with Crippen LogP contribution < -0.4 is 4.74 Å². The molecule has 3 atom stereocenters. The fourth-order valence-electron chi connectivity index (χ4n) is 4.02. The maximum atomic E-state index is 12.8. The van der Waals surface area contributed by atoms with Gasteiger partial charge < -0.3 is 19.5 Å². The average molecular weight is 347 g/mol. The van der Waals surface area contributed by atoms with Crippen LogP contribution in [0.25, 0.3) is 0 Å². The van der Waals surface area contributed by atoms with Crippen LogP contribution in [0, 0.1) is 5.92 Å². The van der Waals surface area contributed by atoms with Gasteiger partial charge in [-0.15, -0.1) is 0 Å². The first-order valence-corrected chi connectivity index (χ1v) is 9.46. The van der Waals surface area contributed by atoms with Crippen molar-refractivity contribution in [2.24, 2.45) is 5.92 Å². The summed E-state index contributed by atoms with van der Waals surface area (Å²) in [6, 6.07) is 7.98. The molecule has 2 fully saturated rings. The summed E-state index contributed by atoms with van der Waals surface area (Å²) in [6.45, 7) is 4.40. The Bertz CT molecular complexity index is 559. The predicted octanol–water partition coefficient (Wildman–Crippen LogP) is 2.41. The van der Waals surface area contributed by atoms with Crippen molar-refractivity contribution in [2.45, 2.75) is 51.2 Å². The van der Waals surface area contributed by atoms with E-state index in [0.29, 0.717) is 32.8 Å². The highest BCUT2D eigenvalue weighted by atomic mass is 16.5. The normalized spacial score (nSPS) is 26.6. The van der Waals surface area contributed by atoms with Gasteiger partial charge in [0.1, 0.15) is 5.75 Å². The molecule has 0 radical (unpaired) electrons. The molecule has 0 unspecified atom stereocenters. The van der Waals surface area contributed by atoms with Gasteiger partial charge in [-0.3, -0.25) is 4.79 Å². The van der Waals surface area contributed by atoms with E-state index in [0.717, 1.165) is 37.0 Å². The van der Waals surface area contributed by atoms with E-state index >= 15 is 0 Å². The number of hydrogen-bond acceptors (Lipinski definition) is 4. The topological polar surface area (TPSA) is 59.0 Å². The monoisotopic (exact) mass is 347 g/mol. The standard InChI is InChI=1S/C20H29NO4/c1-2-25-16-9-6-15(7-10-16)8-11-20(23)21-12-13-24-14-18(21)17-4-3-5-19(17)22/h6-7,9-10,17-19,22H,2-5,8,11-14H2,1H3/t17-,18+,19+/m0/s1. The Morgan fingerprint density at radius 3 is 2.80 bits per heavy atom. The number of aliphatic hydroxyl groups is 1. The second kappa shape index (κ2) is 8.68. The molecule has 1 saturated carbocycles. The lowest BCUT2D eigenvalue weighted by atomic mass is 9.93. The largest absolute Gasteiger partial charge is 0.494 e. The summed E-state index contributed by atoms with van der Waals surface area (Å²) in [5, 5.41) is 10.2. The van der Waals surface area contributed by atoms with Crippen molar-refractivity contribution in [1.29, 1.82) is 0 Å². The summed E-state index contributed by atoms with van der Waals surface area (Å²) in [5.41, 5.74) is 1.14. The lowest BCUT2D eigenvalue weighted by molar-refractivity contribution is -0.143. The highest BCUT2D eigenvalue weighted by Gasteiger charge is 2.39. The van der Waals surface area contributed by atoms with Gasteiger partial charge in [-0.05, 0) is 43.9 Å². The quantitative estimate of drug-likeness (QED) is 0.858. The van der Waals surface area contributed by atoms with Gasteiger partial charge in [0.25, 0.3) is 0 Å². The second-order valence-corrected chi connectivity index (χ2v) is 6.97. The third kappa shape index (κ3) is 4.53. The van der Waals surface area contributed by atoms with Crippen molar-refractivity contribution < 1.29 is 19.4 Å². The van der Waals surface area contributed by atoms with E-state index in [4.69, 9.17) is 9.47 Å². The second-order valence-electron chi connectivity index (χ2n) is 6.97. The molecule has 0 aromatic heterocycles. The lowest BCUT2D eigenvalue weighted by Gasteiger charge is -2.40. The van der Waals surface area contributed by atoms with Gasteiger partial charge in [0, 0.05) is 18.9 Å². The van der Waals surface area contributed by atoms with Crippen molar-refractivity contribution >= 4 is 5.91 Å². The van der Waals surface area contributed by atoms with Crippen LogP contribution in [0.4, 0.5) is 0 Å². The summed E-state index contributed by atoms with van der Waals surface area (Å²) in [4.78, 5) is 14.7. The van der Waals surface area contributed by atoms with E-state index < -0.39 is 0 Å². The Morgan fingerprint density at radius 2 is 2.12 bits per heavy atom. The molecule has 1 aromatic carbocycles. The van der Waals surface area contributed by atoms with Crippen LogP contribution in [0.3, 0.4) is 0 Å². The highest BCUT2D eigenvalue weighted by Crippen LogP contribution is 2.32. The predicted molar refractivity (Wildman–Crippen MR) is 95.6 cm³/mol. The molecule has 1 saturated heterocycles. The first-order valence-electron chi connectivity index (χ1n) is 9.46. The smallest absolute Gasteiger partial charge is 0.223 e. The molecule has 3 rings (SSSR count). The minimum absolute atomic E-state index is 0.0269. The van der Waals surface area contributed by atoms with Crippen LogP contribution in [-0.2, 0) is 16.0 Å². The number of benzene rings is 1. The number of carbonyl (C=O) groups excluding carboxylic acids is 1. The van der Waals surface area contributed by atoms with Crippen molar-refractivity contribution in [1.82, 2.24) is 4.90 Å². The summed E-state index contributed by atoms with van der Waals surface area (Å²) in [5.74, 6) is 1.19. The molecule has 1 amide bonds. The minimum Gasteiger partial charge on any atom is -0.494 e. The van der Waals surface area contributed by atoms with E-state index in [1.165, 1.54) is 0 Å². The van der Waals surface area contributed by atoms with Crippen molar-refractivity contribution in [2.75, 3.05) is 26.4 Å². The number of aryl methyl sites for hydroxylation is 1. The molecule has 5 heteroatoms. The zero-order valence-electron chi connectivity index (χ0n) is 15.0. The van der Waals surface area contributed by atoms with Crippen LogP contribution >= 0.6 is 0 Å². The molecule has 1 aromatic rings. The maximum Gasteiger partial charge on any atom is 0.223 e. The molecule has 138 valence electrons. The number of aliphatic hydroxyl groups excluding tert-OH is 1. The van der Waals surface area contributed by atoms with Gasteiger partial charge in [-0.25, -0.2) is 0 Å². The number of amides is 1. The molecule has 1 heterocycles. The summed E-state index contributed by atoms with van der Waals surface area (Å²) in [7, 11) is 0. The number of carbonyl (C=O) groups is 1. The van der Waals surface area contributed by atoms with Crippen LogP contribution in [0.1, 0.15) is 38.2 Å². The van der Waals surface area contributed by atoms with Gasteiger partial charge in [0.2, 0.25) is 5.91 Å². The Labute approximate surface area is 149 Å². The Kier molecular flexibility index (Phi) is 6.32. The molecule has 0 spiro atoms. The zero-order valence-corrected chi connectivity index (χ0v) is 15.0. The Morgan fingerprint density at radius 1 is 1.32 bits per heavy atom. The van der Waals surface area contributed by atoms with Crippen molar-refractivity contribution in [3.8, 4) is 5.75 Å². The van der Waals surface area contributed by atoms with E-state index in [1.807, 2.05) is 36.1 Å². The molecule has 5 nitrogen and oxygen atoms in total. The minimum atomic E-state index is -0.298. The van der Waals surface area contributed by atoms with E-state index in [-0.39, 0.29) is 24.0 Å². The lowest BCUT2D eigenvalue weighted by Crippen LogP contribution is -2.53. The van der Waals surface area contributed by atoms with Crippen LogP contribution in [0.5, 0.6) is 5.75 Å². The fraction of sp³-hybridized carbons (Fsp3) is 0.650. The van der Waals surface area contributed by atoms with Crippen molar-refractivity contribution in [3.63, 3.8) is 0 Å². The number of hydrogen-bond donors (Lipinski definition) is 1. The molecule has 1 aliphatic carbocycles. The molecule has 0 bridgehead atoms. The SMILES string of the molecule is CCOc1ccc(CCC(=O)N2CCOC[C@@H]2[C@@H]2CCC[C@H]2O)cc1. The van der Waals surface area contributed by atoms with E-state index in [9.17, 15) is 9.90 Å². The average Bonchev–Trinajstić information content (AvgIpc) is 3.07. The van der Waals surface area contributed by atoms with Crippen LogP contribution in [0.2, 0.25) is 0 Å². The van der Waals surface area contributed by atoms with Gasteiger partial charge in [-0.2, -0.15) is 0 Å². The van der Waals surface area contributed by atoms with Gasteiger partial charge in [0.15, 0.2) is 0 Å². The fourth-order valence-corrected chi connectivity index (χ4v) is 4.02. The summed E-state index contributed by atoms with van der Waals surface area (Å²) >= 11 is 0. The van der Waals surface area contributed by atoms with Gasteiger partial charge in [0.05, 0.1) is 32.0 Å². The first-order chi connectivity index (χ1) is 12.2. The van der Waals surface area contributed by atoms with Gasteiger partial charge >= 0.3 is 0 Å². The molecule has 1 N–H and O–H groups in total. The number of nitrogens with zero attached hydrogens (tertiary/aromatic N) is 1. The number of rotatable bonds is 6. The van der Waals surface area contributed by atoms with Gasteiger partial charge in [-0.1, -0.05) is 18.6 Å². The Hall–Kier alpha value is -1.59. The van der Waals surface area contributed by atoms with E-state index in [2.05, 4.69) is 0 Å². The molecule has 1 aliphatic heterocycles. The summed E-state index contributed by atoms with van der Waals surface area (Å²) < 4.78 is 11.1.